The van der Waals surface area contributed by atoms with Gasteiger partial charge in [-0.05, 0) is 11.6 Å². The molecule has 0 radical (unpaired) electrons. The van der Waals surface area contributed by atoms with Crippen LogP contribution in [-0.4, -0.2) is 20.7 Å². The van der Waals surface area contributed by atoms with Crippen LogP contribution in [0.3, 0.4) is 0 Å². The molecule has 24 heavy (non-hydrogen) atoms. The highest BCUT2D eigenvalue weighted by molar-refractivity contribution is 5.95. The van der Waals surface area contributed by atoms with E-state index in [2.05, 4.69) is 15.4 Å². The number of carbonyl (C=O) groups excluding carboxylic acids is 1. The fourth-order valence-corrected chi connectivity index (χ4v) is 2.44. The molecule has 1 N–H and O–H groups in total. The number of amides is 1. The minimum atomic E-state index is -4.69. The van der Waals surface area contributed by atoms with E-state index >= 15 is 0 Å². The van der Waals surface area contributed by atoms with E-state index in [-0.39, 0.29) is 6.54 Å². The van der Waals surface area contributed by atoms with Gasteiger partial charge >= 0.3 is 6.18 Å². The summed E-state index contributed by atoms with van der Waals surface area (Å²) in [4.78, 5) is 16.4. The van der Waals surface area contributed by atoms with Crippen molar-refractivity contribution in [2.45, 2.75) is 12.7 Å². The first-order valence-corrected chi connectivity index (χ1v) is 7.08. The van der Waals surface area contributed by atoms with Crippen LogP contribution in [0.4, 0.5) is 13.2 Å². The topological polar surface area (TPSA) is 59.8 Å². The van der Waals surface area contributed by atoms with Crippen molar-refractivity contribution >= 4 is 16.8 Å². The van der Waals surface area contributed by atoms with Crippen molar-refractivity contribution in [3.05, 3.63) is 59.5 Å². The minimum Gasteiger partial charge on any atom is -0.348 e. The number of halogens is 3. The molecule has 0 bridgehead atoms. The van der Waals surface area contributed by atoms with Crippen molar-refractivity contribution in [1.82, 2.24) is 20.1 Å². The fourth-order valence-electron chi connectivity index (χ4n) is 2.44. The molecule has 0 saturated carbocycles. The van der Waals surface area contributed by atoms with E-state index < -0.39 is 23.3 Å². The van der Waals surface area contributed by atoms with E-state index in [1.165, 1.54) is 7.05 Å². The molecule has 0 aliphatic carbocycles. The van der Waals surface area contributed by atoms with Gasteiger partial charge in [0.25, 0.3) is 5.91 Å². The average Bonchev–Trinajstić information content (AvgIpc) is 2.95. The average molecular weight is 334 g/mol. The van der Waals surface area contributed by atoms with Crippen LogP contribution in [-0.2, 0) is 19.8 Å². The maximum atomic E-state index is 12.9. The second kappa shape index (κ2) is 5.95. The van der Waals surface area contributed by atoms with Crippen molar-refractivity contribution < 1.29 is 18.0 Å². The van der Waals surface area contributed by atoms with Gasteiger partial charge < -0.3 is 5.32 Å². The summed E-state index contributed by atoms with van der Waals surface area (Å²) in [7, 11) is 1.33. The number of aryl methyl sites for hydroxylation is 1. The van der Waals surface area contributed by atoms with Crippen LogP contribution >= 0.6 is 0 Å². The normalized spacial score (nSPS) is 11.7. The lowest BCUT2D eigenvalue weighted by molar-refractivity contribution is -0.141. The molecule has 0 aliphatic rings. The van der Waals surface area contributed by atoms with Crippen LogP contribution in [0.1, 0.15) is 21.6 Å². The zero-order valence-electron chi connectivity index (χ0n) is 12.6. The zero-order valence-corrected chi connectivity index (χ0v) is 12.6. The number of para-hydroxylation sites is 1. The first-order valence-electron chi connectivity index (χ1n) is 7.08. The Bertz CT molecular complexity index is 896. The number of nitrogens with one attached hydrogen (secondary N) is 1. The largest absolute Gasteiger partial charge is 0.435 e. The number of carbonyl (C=O) groups is 1. The summed E-state index contributed by atoms with van der Waals surface area (Å²) in [5, 5.41) is 6.72. The Hall–Kier alpha value is -2.90. The molecule has 3 rings (SSSR count). The van der Waals surface area contributed by atoms with Crippen LogP contribution in [0.25, 0.3) is 10.9 Å². The molecule has 1 amide bonds. The van der Waals surface area contributed by atoms with E-state index in [1.54, 1.807) is 24.4 Å². The molecule has 8 heteroatoms. The molecule has 2 aromatic heterocycles. The maximum Gasteiger partial charge on any atom is 0.435 e. The molecule has 3 aromatic rings. The third kappa shape index (κ3) is 3.08. The summed E-state index contributed by atoms with van der Waals surface area (Å²) < 4.78 is 39.8. The SMILES string of the molecule is Cn1cc(C(=O)NCc2cccc3cccnc23)c(C(F)(F)F)n1. The summed E-state index contributed by atoms with van der Waals surface area (Å²) in [5.41, 5.74) is -0.279. The predicted octanol–water partition coefficient (Wildman–Crippen LogP) is 2.92. The number of fused-ring (bicyclic) bond motifs is 1. The van der Waals surface area contributed by atoms with Gasteiger partial charge in [-0.25, -0.2) is 0 Å². The zero-order chi connectivity index (χ0) is 17.3. The third-order valence-corrected chi connectivity index (χ3v) is 3.50. The Morgan fingerprint density at radius 1 is 1.25 bits per heavy atom. The van der Waals surface area contributed by atoms with Crippen LogP contribution < -0.4 is 5.32 Å². The van der Waals surface area contributed by atoms with E-state index in [4.69, 9.17) is 0 Å². The Balaban J connectivity index is 1.84. The molecule has 1 aromatic carbocycles. The second-order valence-electron chi connectivity index (χ2n) is 5.24. The van der Waals surface area contributed by atoms with Crippen molar-refractivity contribution in [1.29, 1.82) is 0 Å². The van der Waals surface area contributed by atoms with Gasteiger partial charge in [-0.15, -0.1) is 0 Å². The number of benzene rings is 1. The Morgan fingerprint density at radius 3 is 2.75 bits per heavy atom. The van der Waals surface area contributed by atoms with Crippen molar-refractivity contribution in [3.63, 3.8) is 0 Å². The van der Waals surface area contributed by atoms with Crippen LogP contribution in [0.2, 0.25) is 0 Å². The van der Waals surface area contributed by atoms with Crippen LogP contribution in [0, 0.1) is 0 Å². The Morgan fingerprint density at radius 2 is 2.00 bits per heavy atom. The van der Waals surface area contributed by atoms with Crippen molar-refractivity contribution in [2.75, 3.05) is 0 Å². The number of aromatic nitrogens is 3. The highest BCUT2D eigenvalue weighted by Gasteiger charge is 2.38. The van der Waals surface area contributed by atoms with E-state index in [0.29, 0.717) is 5.52 Å². The lowest BCUT2D eigenvalue weighted by Crippen LogP contribution is -2.25. The molecule has 5 nitrogen and oxygen atoms in total. The Kier molecular flexibility index (Phi) is 3.96. The first-order chi connectivity index (χ1) is 11.4. The monoisotopic (exact) mass is 334 g/mol. The highest BCUT2D eigenvalue weighted by Crippen LogP contribution is 2.30. The van der Waals surface area contributed by atoms with E-state index in [0.717, 1.165) is 21.8 Å². The van der Waals surface area contributed by atoms with Gasteiger partial charge in [-0.2, -0.15) is 18.3 Å². The third-order valence-electron chi connectivity index (χ3n) is 3.50. The van der Waals surface area contributed by atoms with E-state index in [9.17, 15) is 18.0 Å². The van der Waals surface area contributed by atoms with Gasteiger partial charge in [-0.1, -0.05) is 24.3 Å². The van der Waals surface area contributed by atoms with Gasteiger partial charge in [0, 0.05) is 31.4 Å². The van der Waals surface area contributed by atoms with Crippen LogP contribution in [0.15, 0.2) is 42.7 Å². The molecular formula is C16H13F3N4O. The molecule has 2 heterocycles. The summed E-state index contributed by atoms with van der Waals surface area (Å²) >= 11 is 0. The second-order valence-corrected chi connectivity index (χ2v) is 5.24. The fraction of sp³-hybridized carbons (Fsp3) is 0.188. The van der Waals surface area contributed by atoms with Gasteiger partial charge in [-0.3, -0.25) is 14.5 Å². The number of nitrogens with zero attached hydrogens (tertiary/aromatic N) is 3. The molecule has 0 saturated heterocycles. The predicted molar refractivity (Wildman–Crippen MR) is 81.1 cm³/mol. The first kappa shape index (κ1) is 16.0. The van der Waals surface area contributed by atoms with Gasteiger partial charge in [0.1, 0.15) is 0 Å². The summed E-state index contributed by atoms with van der Waals surface area (Å²) in [6.07, 6.45) is -2.01. The highest BCUT2D eigenvalue weighted by atomic mass is 19.4. The number of hydrogen-bond acceptors (Lipinski definition) is 3. The maximum absolute atomic E-state index is 12.9. The van der Waals surface area contributed by atoms with Gasteiger partial charge in [0.05, 0.1) is 11.1 Å². The molecule has 0 unspecified atom stereocenters. The van der Waals surface area contributed by atoms with Crippen molar-refractivity contribution in [2.24, 2.45) is 7.05 Å². The van der Waals surface area contributed by atoms with Gasteiger partial charge in [0.15, 0.2) is 5.69 Å². The Labute approximate surface area is 135 Å². The number of alkyl halides is 3. The lowest BCUT2D eigenvalue weighted by atomic mass is 10.1. The van der Waals surface area contributed by atoms with E-state index in [1.807, 2.05) is 12.1 Å². The summed E-state index contributed by atoms with van der Waals surface area (Å²) in [5.74, 6) is -0.830. The number of rotatable bonds is 3. The molecule has 0 aliphatic heterocycles. The lowest BCUT2D eigenvalue weighted by Gasteiger charge is -2.09. The molecule has 0 spiro atoms. The molecular weight excluding hydrogens is 321 g/mol. The quantitative estimate of drug-likeness (QED) is 0.801. The van der Waals surface area contributed by atoms with Crippen molar-refractivity contribution in [3.8, 4) is 0 Å². The standard InChI is InChI=1S/C16H13F3N4O/c1-23-9-12(14(22-23)16(17,18)19)15(24)21-8-11-5-2-4-10-6-3-7-20-13(10)11/h2-7,9H,8H2,1H3,(H,21,24). The van der Waals surface area contributed by atoms with Crippen LogP contribution in [0.5, 0.6) is 0 Å². The van der Waals surface area contributed by atoms with Gasteiger partial charge in [0.2, 0.25) is 0 Å². The summed E-state index contributed by atoms with van der Waals surface area (Å²) in [6.45, 7) is 0.0688. The molecule has 0 fully saturated rings. The summed E-state index contributed by atoms with van der Waals surface area (Å²) in [6, 6.07) is 9.10. The number of pyridine rings is 1. The molecule has 0 atom stereocenters. The molecule has 124 valence electrons. The minimum absolute atomic E-state index is 0.0688. The smallest absolute Gasteiger partial charge is 0.348 e. The number of hydrogen-bond donors (Lipinski definition) is 1.